The van der Waals surface area contributed by atoms with Crippen LogP contribution in [-0.4, -0.2) is 16.0 Å². The van der Waals surface area contributed by atoms with Crippen LogP contribution in [0.25, 0.3) is 0 Å². The number of halogens is 4. The molecule has 0 saturated heterocycles. The lowest BCUT2D eigenvalue weighted by atomic mass is 9.76. The SMILES string of the molecule is O=C(C(c1ccc(F)cc1)c1cc(Br)ccc1O)C(c1ccc(F)cc1)c1cc(Br)ccc1O. The number of benzene rings is 4. The van der Waals surface area contributed by atoms with Crippen molar-refractivity contribution in [3.8, 4) is 11.5 Å². The van der Waals surface area contributed by atoms with Crippen molar-refractivity contribution < 1.29 is 23.8 Å². The minimum absolute atomic E-state index is 0.109. The summed E-state index contributed by atoms with van der Waals surface area (Å²) in [5.41, 5.74) is 1.54. The number of carbonyl (C=O) groups is 1. The van der Waals surface area contributed by atoms with E-state index >= 15 is 0 Å². The van der Waals surface area contributed by atoms with Crippen LogP contribution < -0.4 is 0 Å². The van der Waals surface area contributed by atoms with E-state index in [1.807, 2.05) is 0 Å². The number of carbonyl (C=O) groups excluding carboxylic acids is 1. The van der Waals surface area contributed by atoms with Crippen LogP contribution in [0, 0.1) is 11.6 Å². The first-order chi connectivity index (χ1) is 16.2. The van der Waals surface area contributed by atoms with Crippen LogP contribution in [0.5, 0.6) is 11.5 Å². The molecule has 0 radical (unpaired) electrons. The molecule has 3 nitrogen and oxygen atoms in total. The Morgan fingerprint density at radius 3 is 1.32 bits per heavy atom. The van der Waals surface area contributed by atoms with E-state index in [0.29, 0.717) is 31.2 Å². The van der Waals surface area contributed by atoms with Gasteiger partial charge in [0, 0.05) is 20.1 Å². The summed E-state index contributed by atoms with van der Waals surface area (Å²) in [6.07, 6.45) is 0. The number of phenols is 2. The van der Waals surface area contributed by atoms with Crippen molar-refractivity contribution in [1.82, 2.24) is 0 Å². The van der Waals surface area contributed by atoms with Gasteiger partial charge >= 0.3 is 0 Å². The normalized spacial score (nSPS) is 12.8. The fraction of sp³-hybridized carbons (Fsp3) is 0.0741. The summed E-state index contributed by atoms with van der Waals surface area (Å²) < 4.78 is 28.7. The van der Waals surface area contributed by atoms with Gasteiger partial charge in [0.25, 0.3) is 0 Å². The van der Waals surface area contributed by atoms with Gasteiger partial charge in [-0.2, -0.15) is 0 Å². The number of ketones is 1. The van der Waals surface area contributed by atoms with Crippen LogP contribution in [0.4, 0.5) is 8.78 Å². The van der Waals surface area contributed by atoms with Gasteiger partial charge in [-0.15, -0.1) is 0 Å². The Kier molecular flexibility index (Phi) is 7.14. The first-order valence-electron chi connectivity index (χ1n) is 10.3. The van der Waals surface area contributed by atoms with E-state index in [4.69, 9.17) is 0 Å². The highest BCUT2D eigenvalue weighted by molar-refractivity contribution is 9.10. The summed E-state index contributed by atoms with van der Waals surface area (Å²) in [5, 5.41) is 21.3. The number of hydrogen-bond acceptors (Lipinski definition) is 3. The zero-order valence-electron chi connectivity index (χ0n) is 17.6. The van der Waals surface area contributed by atoms with E-state index in [0.717, 1.165) is 0 Å². The van der Waals surface area contributed by atoms with Crippen molar-refractivity contribution >= 4 is 37.6 Å². The average molecular weight is 588 g/mol. The Labute approximate surface area is 212 Å². The van der Waals surface area contributed by atoms with E-state index in [2.05, 4.69) is 31.9 Å². The molecule has 0 aliphatic heterocycles. The molecule has 2 N–H and O–H groups in total. The van der Waals surface area contributed by atoms with Crippen LogP contribution >= 0.6 is 31.9 Å². The number of aromatic hydroxyl groups is 2. The summed E-state index contributed by atoms with van der Waals surface area (Å²) in [7, 11) is 0. The molecule has 7 heteroatoms. The third kappa shape index (κ3) is 5.05. The Bertz CT molecular complexity index is 1240. The first-order valence-corrected chi connectivity index (χ1v) is 11.8. The molecule has 0 heterocycles. The smallest absolute Gasteiger partial charge is 0.156 e. The van der Waals surface area contributed by atoms with Crippen molar-refractivity contribution in [1.29, 1.82) is 0 Å². The number of Topliss-reactive ketones (excluding diaryl/α,β-unsaturated/α-hetero) is 1. The molecule has 0 aliphatic rings. The summed E-state index contributed by atoms with van der Waals surface area (Å²) in [6.45, 7) is 0. The second-order valence-electron chi connectivity index (χ2n) is 7.78. The van der Waals surface area contributed by atoms with Gasteiger partial charge in [0.05, 0.1) is 11.8 Å². The van der Waals surface area contributed by atoms with Crippen molar-refractivity contribution in [3.63, 3.8) is 0 Å². The molecule has 0 aliphatic carbocycles. The fourth-order valence-electron chi connectivity index (χ4n) is 3.98. The zero-order chi connectivity index (χ0) is 24.4. The Balaban J connectivity index is 1.96. The summed E-state index contributed by atoms with van der Waals surface area (Å²) >= 11 is 6.77. The molecule has 0 saturated carbocycles. The maximum absolute atomic E-state index is 14.3. The van der Waals surface area contributed by atoms with Crippen molar-refractivity contribution in [2.24, 2.45) is 0 Å². The Morgan fingerprint density at radius 2 is 0.971 bits per heavy atom. The Hall–Kier alpha value is -3.03. The van der Waals surface area contributed by atoms with Crippen LogP contribution in [0.3, 0.4) is 0 Å². The second-order valence-corrected chi connectivity index (χ2v) is 9.61. The molecule has 0 aromatic heterocycles. The molecule has 2 atom stereocenters. The van der Waals surface area contributed by atoms with Crippen LogP contribution in [-0.2, 0) is 4.79 Å². The molecular weight excluding hydrogens is 570 g/mol. The highest BCUT2D eigenvalue weighted by Crippen LogP contribution is 2.42. The molecule has 0 amide bonds. The molecule has 4 aromatic carbocycles. The van der Waals surface area contributed by atoms with Crippen LogP contribution in [0.1, 0.15) is 34.1 Å². The molecule has 4 aromatic rings. The molecule has 172 valence electrons. The topological polar surface area (TPSA) is 57.5 Å². The van der Waals surface area contributed by atoms with Gasteiger partial charge in [-0.1, -0.05) is 56.1 Å². The molecule has 0 spiro atoms. The maximum Gasteiger partial charge on any atom is 0.156 e. The molecule has 2 unspecified atom stereocenters. The fourth-order valence-corrected chi connectivity index (χ4v) is 4.74. The van der Waals surface area contributed by atoms with Gasteiger partial charge in [-0.25, -0.2) is 8.78 Å². The zero-order valence-corrected chi connectivity index (χ0v) is 20.7. The first kappa shape index (κ1) is 24.1. The summed E-state index contributed by atoms with van der Waals surface area (Å²) in [5.74, 6) is -3.55. The van der Waals surface area contributed by atoms with E-state index in [1.54, 1.807) is 24.3 Å². The summed E-state index contributed by atoms with van der Waals surface area (Å²) in [6, 6.07) is 20.4. The predicted molar refractivity (Wildman–Crippen MR) is 133 cm³/mol. The van der Waals surface area contributed by atoms with Crippen molar-refractivity contribution in [2.45, 2.75) is 11.8 Å². The molecule has 34 heavy (non-hydrogen) atoms. The van der Waals surface area contributed by atoms with E-state index < -0.39 is 23.5 Å². The van der Waals surface area contributed by atoms with Gasteiger partial charge in [0.15, 0.2) is 5.78 Å². The lowest BCUT2D eigenvalue weighted by Crippen LogP contribution is -2.23. The highest BCUT2D eigenvalue weighted by atomic mass is 79.9. The predicted octanol–water partition coefficient (Wildman–Crippen LogP) is 7.43. The molecule has 4 rings (SSSR count). The van der Waals surface area contributed by atoms with Gasteiger partial charge in [0.1, 0.15) is 23.1 Å². The van der Waals surface area contributed by atoms with Gasteiger partial charge in [-0.05, 0) is 71.8 Å². The minimum atomic E-state index is -1.01. The Morgan fingerprint density at radius 1 is 0.618 bits per heavy atom. The van der Waals surface area contributed by atoms with E-state index in [-0.39, 0.29) is 17.3 Å². The number of phenolic OH excluding ortho intramolecular Hbond substituents is 2. The lowest BCUT2D eigenvalue weighted by molar-refractivity contribution is -0.120. The molecule has 0 fully saturated rings. The van der Waals surface area contributed by atoms with Gasteiger partial charge in [-0.3, -0.25) is 4.79 Å². The van der Waals surface area contributed by atoms with Gasteiger partial charge in [0.2, 0.25) is 0 Å². The van der Waals surface area contributed by atoms with E-state index in [9.17, 15) is 23.8 Å². The lowest BCUT2D eigenvalue weighted by Gasteiger charge is -2.25. The number of rotatable bonds is 6. The molecular formula is C27H18Br2F2O3. The van der Waals surface area contributed by atoms with Crippen molar-refractivity contribution in [3.05, 3.63) is 128 Å². The van der Waals surface area contributed by atoms with Crippen LogP contribution in [0.15, 0.2) is 93.9 Å². The van der Waals surface area contributed by atoms with E-state index in [1.165, 1.54) is 60.7 Å². The quantitative estimate of drug-likeness (QED) is 0.246. The summed E-state index contributed by atoms with van der Waals surface area (Å²) in [4.78, 5) is 14.3. The standard InChI is InChI=1S/C27H18Br2F2O3/c28-17-5-11-23(32)21(13-17)25(15-1-7-19(30)8-2-15)27(34)26(16-3-9-20(31)10-4-16)22-14-18(29)6-12-24(22)33/h1-14,25-26,32-33H. The molecule has 0 bridgehead atoms. The second kappa shape index (κ2) is 10.1. The monoisotopic (exact) mass is 586 g/mol. The minimum Gasteiger partial charge on any atom is -0.508 e. The average Bonchev–Trinajstić information content (AvgIpc) is 2.81. The maximum atomic E-state index is 14.3. The van der Waals surface area contributed by atoms with Gasteiger partial charge < -0.3 is 10.2 Å². The van der Waals surface area contributed by atoms with Crippen LogP contribution in [0.2, 0.25) is 0 Å². The van der Waals surface area contributed by atoms with Crippen molar-refractivity contribution in [2.75, 3.05) is 0 Å². The third-order valence-corrected chi connectivity index (χ3v) is 6.56. The largest absolute Gasteiger partial charge is 0.508 e. The highest BCUT2D eigenvalue weighted by Gasteiger charge is 2.35. The number of hydrogen-bond donors (Lipinski definition) is 2. The third-order valence-electron chi connectivity index (χ3n) is 5.58.